The number of aromatic amines is 1. The largest absolute Gasteiger partial charge is 0.356 e. The van der Waals surface area contributed by atoms with Crippen LogP contribution in [0.15, 0.2) is 41.0 Å². The molecule has 1 heterocycles. The second-order valence-corrected chi connectivity index (χ2v) is 6.69. The fourth-order valence-corrected chi connectivity index (χ4v) is 2.95. The van der Waals surface area contributed by atoms with E-state index in [2.05, 4.69) is 31.8 Å². The number of H-pyrrole nitrogens is 1. The van der Waals surface area contributed by atoms with Crippen molar-refractivity contribution in [3.05, 3.63) is 57.3 Å². The molecule has 0 aliphatic rings. The fraction of sp³-hybridized carbons (Fsp3) is 0.143. The molecule has 1 aromatic carbocycles. The van der Waals surface area contributed by atoms with Gasteiger partial charge in [0.25, 0.3) is 5.91 Å². The first kappa shape index (κ1) is 16.9. The Labute approximate surface area is 145 Å². The van der Waals surface area contributed by atoms with Gasteiger partial charge < -0.3 is 4.98 Å². The third kappa shape index (κ3) is 5.40. The average molecular weight is 403 g/mol. The van der Waals surface area contributed by atoms with Gasteiger partial charge in [-0.15, -0.1) is 11.8 Å². The van der Waals surface area contributed by atoms with Crippen LogP contribution in [-0.2, 0) is 10.5 Å². The number of hydrogen-bond donors (Lipinski definition) is 3. The molecule has 5 nitrogen and oxygen atoms in total. The molecule has 2 amide bonds. The van der Waals surface area contributed by atoms with Crippen LogP contribution in [0.5, 0.6) is 0 Å². The van der Waals surface area contributed by atoms with Crippen LogP contribution in [0.25, 0.3) is 0 Å². The quantitative estimate of drug-likeness (QED) is 0.673. The number of amides is 2. The molecule has 0 aliphatic carbocycles. The van der Waals surface area contributed by atoms with E-state index in [0.29, 0.717) is 16.5 Å². The van der Waals surface area contributed by atoms with Gasteiger partial charge in [-0.1, -0.05) is 23.7 Å². The van der Waals surface area contributed by atoms with Gasteiger partial charge in [-0.05, 0) is 39.7 Å². The SMILES string of the molecule is O=C(CSCc1cccc(Cl)c1)NNC(=O)c1cc(Br)c[nH]1. The van der Waals surface area contributed by atoms with E-state index in [9.17, 15) is 9.59 Å². The van der Waals surface area contributed by atoms with Crippen LogP contribution < -0.4 is 10.9 Å². The highest BCUT2D eigenvalue weighted by Crippen LogP contribution is 2.16. The van der Waals surface area contributed by atoms with Gasteiger partial charge in [0.1, 0.15) is 5.69 Å². The van der Waals surface area contributed by atoms with Crippen molar-refractivity contribution in [1.82, 2.24) is 15.8 Å². The molecular weight excluding hydrogens is 390 g/mol. The summed E-state index contributed by atoms with van der Waals surface area (Å²) in [5.74, 6) is 0.233. The Morgan fingerprint density at radius 3 is 2.77 bits per heavy atom. The first-order valence-corrected chi connectivity index (χ1v) is 8.62. The molecule has 3 N–H and O–H groups in total. The van der Waals surface area contributed by atoms with Gasteiger partial charge in [0.15, 0.2) is 0 Å². The molecule has 0 atom stereocenters. The average Bonchev–Trinajstić information content (AvgIpc) is 2.91. The normalized spacial score (nSPS) is 10.3. The molecule has 0 bridgehead atoms. The monoisotopic (exact) mass is 401 g/mol. The van der Waals surface area contributed by atoms with E-state index in [1.54, 1.807) is 18.3 Å². The minimum Gasteiger partial charge on any atom is -0.356 e. The summed E-state index contributed by atoms with van der Waals surface area (Å²) in [6.45, 7) is 0. The maximum atomic E-state index is 11.7. The zero-order chi connectivity index (χ0) is 15.9. The van der Waals surface area contributed by atoms with Crippen molar-refractivity contribution in [2.75, 3.05) is 5.75 Å². The predicted octanol–water partition coefficient (Wildman–Crippen LogP) is 3.12. The maximum absolute atomic E-state index is 11.7. The Morgan fingerprint density at radius 1 is 1.27 bits per heavy atom. The summed E-state index contributed by atoms with van der Waals surface area (Å²) in [7, 11) is 0. The van der Waals surface area contributed by atoms with Gasteiger partial charge >= 0.3 is 0 Å². The summed E-state index contributed by atoms with van der Waals surface area (Å²) in [6, 6.07) is 9.10. The van der Waals surface area contributed by atoms with Crippen LogP contribution in [0.1, 0.15) is 16.1 Å². The topological polar surface area (TPSA) is 74.0 Å². The molecule has 0 saturated heterocycles. The van der Waals surface area contributed by atoms with Crippen LogP contribution in [0.2, 0.25) is 5.02 Å². The van der Waals surface area contributed by atoms with E-state index in [1.165, 1.54) is 11.8 Å². The third-order valence-corrected chi connectivity index (χ3v) is 4.30. The number of carbonyl (C=O) groups is 2. The third-order valence-electron chi connectivity index (χ3n) is 2.60. The van der Waals surface area contributed by atoms with Crippen LogP contribution in [0.3, 0.4) is 0 Å². The fourth-order valence-electron chi connectivity index (χ4n) is 1.62. The molecule has 0 aliphatic heterocycles. The standard InChI is InChI=1S/C14H13BrClN3O2S/c15-10-5-12(17-6-10)14(21)19-18-13(20)8-22-7-9-2-1-3-11(16)4-9/h1-6,17H,7-8H2,(H,18,20)(H,19,21). The second kappa shape index (κ2) is 8.26. The van der Waals surface area contributed by atoms with Gasteiger partial charge in [-0.25, -0.2) is 0 Å². The minimum atomic E-state index is -0.404. The molecule has 0 fully saturated rings. The highest BCUT2D eigenvalue weighted by Gasteiger charge is 2.09. The Hall–Kier alpha value is -1.44. The lowest BCUT2D eigenvalue weighted by Crippen LogP contribution is -2.42. The number of halogens is 2. The highest BCUT2D eigenvalue weighted by atomic mass is 79.9. The lowest BCUT2D eigenvalue weighted by Gasteiger charge is -2.06. The second-order valence-electron chi connectivity index (χ2n) is 4.36. The number of nitrogens with one attached hydrogen (secondary N) is 3. The molecule has 22 heavy (non-hydrogen) atoms. The van der Waals surface area contributed by atoms with E-state index in [0.717, 1.165) is 10.0 Å². The maximum Gasteiger partial charge on any atom is 0.286 e. The summed E-state index contributed by atoms with van der Waals surface area (Å²) in [6.07, 6.45) is 1.64. The summed E-state index contributed by atoms with van der Waals surface area (Å²) in [5, 5.41) is 0.673. The van der Waals surface area contributed by atoms with Gasteiger partial charge in [0.05, 0.1) is 5.75 Å². The van der Waals surface area contributed by atoms with Crippen molar-refractivity contribution >= 4 is 51.1 Å². The van der Waals surface area contributed by atoms with Gasteiger partial charge in [0.2, 0.25) is 5.91 Å². The van der Waals surface area contributed by atoms with E-state index in [4.69, 9.17) is 11.6 Å². The molecule has 1 aromatic heterocycles. The molecule has 0 saturated carbocycles. The van der Waals surface area contributed by atoms with E-state index < -0.39 is 5.91 Å². The van der Waals surface area contributed by atoms with Crippen LogP contribution >= 0.6 is 39.3 Å². The molecule has 116 valence electrons. The van der Waals surface area contributed by atoms with Crippen molar-refractivity contribution in [2.45, 2.75) is 5.75 Å². The Kier molecular flexibility index (Phi) is 6.35. The van der Waals surface area contributed by atoms with Gasteiger partial charge in [-0.2, -0.15) is 0 Å². The molecule has 0 spiro atoms. The number of hydrazine groups is 1. The van der Waals surface area contributed by atoms with Crippen LogP contribution in [-0.4, -0.2) is 22.6 Å². The number of rotatable bonds is 5. The summed E-state index contributed by atoms with van der Waals surface area (Å²) >= 11 is 10.6. The summed E-state index contributed by atoms with van der Waals surface area (Å²) in [5.41, 5.74) is 6.12. The zero-order valence-electron chi connectivity index (χ0n) is 11.4. The molecule has 8 heteroatoms. The zero-order valence-corrected chi connectivity index (χ0v) is 14.5. The molecule has 2 aromatic rings. The molecule has 2 rings (SSSR count). The van der Waals surface area contributed by atoms with Crippen molar-refractivity contribution < 1.29 is 9.59 Å². The Morgan fingerprint density at radius 2 is 2.09 bits per heavy atom. The van der Waals surface area contributed by atoms with Crippen molar-refractivity contribution in [2.24, 2.45) is 0 Å². The molecule has 0 unspecified atom stereocenters. The van der Waals surface area contributed by atoms with Crippen LogP contribution in [0, 0.1) is 0 Å². The minimum absolute atomic E-state index is 0.237. The number of benzene rings is 1. The Bertz CT molecular complexity index is 678. The highest BCUT2D eigenvalue weighted by molar-refractivity contribution is 9.10. The van der Waals surface area contributed by atoms with Crippen molar-refractivity contribution in [1.29, 1.82) is 0 Å². The van der Waals surface area contributed by atoms with Crippen LogP contribution in [0.4, 0.5) is 0 Å². The number of carbonyl (C=O) groups excluding carboxylic acids is 2. The van der Waals surface area contributed by atoms with Crippen molar-refractivity contribution in [3.8, 4) is 0 Å². The lowest BCUT2D eigenvalue weighted by molar-refractivity contribution is -0.119. The van der Waals surface area contributed by atoms with E-state index >= 15 is 0 Å². The first-order valence-electron chi connectivity index (χ1n) is 6.30. The summed E-state index contributed by atoms with van der Waals surface area (Å²) in [4.78, 5) is 26.1. The van der Waals surface area contributed by atoms with E-state index in [-0.39, 0.29) is 11.7 Å². The van der Waals surface area contributed by atoms with E-state index in [1.807, 2.05) is 18.2 Å². The predicted molar refractivity (Wildman–Crippen MR) is 91.7 cm³/mol. The Balaban J connectivity index is 1.69. The smallest absolute Gasteiger partial charge is 0.286 e. The summed E-state index contributed by atoms with van der Waals surface area (Å²) < 4.78 is 0.765. The number of thioether (sulfide) groups is 1. The molecule has 0 radical (unpaired) electrons. The number of aromatic nitrogens is 1. The van der Waals surface area contributed by atoms with Gasteiger partial charge in [-0.3, -0.25) is 20.4 Å². The van der Waals surface area contributed by atoms with Gasteiger partial charge in [0, 0.05) is 21.4 Å². The first-order chi connectivity index (χ1) is 10.5. The molecular formula is C14H13BrClN3O2S. The van der Waals surface area contributed by atoms with Crippen molar-refractivity contribution in [3.63, 3.8) is 0 Å². The lowest BCUT2D eigenvalue weighted by atomic mass is 10.2. The number of hydrogen-bond acceptors (Lipinski definition) is 3.